The minimum atomic E-state index is 0.250. The van der Waals surface area contributed by atoms with Crippen LogP contribution >= 0.6 is 0 Å². The molecule has 17 heavy (non-hydrogen) atoms. The smallest absolute Gasteiger partial charge is 0.191 e. The van der Waals surface area contributed by atoms with Gasteiger partial charge in [-0.05, 0) is 20.3 Å². The number of aromatic nitrogens is 2. The van der Waals surface area contributed by atoms with Gasteiger partial charge in [-0.25, -0.2) is 4.98 Å². The third-order valence-corrected chi connectivity index (χ3v) is 3.15. The molecule has 0 bridgehead atoms. The van der Waals surface area contributed by atoms with E-state index in [9.17, 15) is 0 Å². The molecule has 0 saturated heterocycles. The molecule has 2 heterocycles. The van der Waals surface area contributed by atoms with Crippen molar-refractivity contribution in [3.63, 3.8) is 0 Å². The fraction of sp³-hybridized carbons (Fsp3) is 0.667. The monoisotopic (exact) mass is 235 g/mol. The van der Waals surface area contributed by atoms with Gasteiger partial charge in [0.25, 0.3) is 0 Å². The molecule has 0 amide bonds. The Kier molecular flexibility index (Phi) is 3.36. The van der Waals surface area contributed by atoms with Crippen molar-refractivity contribution in [3.05, 3.63) is 18.2 Å². The number of hydrogen-bond acceptors (Lipinski definition) is 4. The van der Waals surface area contributed by atoms with Crippen LogP contribution in [0.1, 0.15) is 45.0 Å². The van der Waals surface area contributed by atoms with Gasteiger partial charge in [0.05, 0.1) is 30.8 Å². The van der Waals surface area contributed by atoms with E-state index in [4.69, 9.17) is 5.73 Å². The van der Waals surface area contributed by atoms with Gasteiger partial charge in [0.2, 0.25) is 0 Å². The summed E-state index contributed by atoms with van der Waals surface area (Å²) in [5.74, 6) is 0.661. The van der Waals surface area contributed by atoms with Crippen LogP contribution < -0.4 is 5.73 Å². The van der Waals surface area contributed by atoms with Gasteiger partial charge in [-0.1, -0.05) is 6.92 Å². The number of imidazole rings is 1. The number of guanidine groups is 1. The van der Waals surface area contributed by atoms with Gasteiger partial charge in [0.1, 0.15) is 0 Å². The van der Waals surface area contributed by atoms with E-state index < -0.39 is 0 Å². The number of hydrogen-bond donors (Lipinski definition) is 1. The summed E-state index contributed by atoms with van der Waals surface area (Å²) in [6.45, 7) is 8.17. The van der Waals surface area contributed by atoms with Crippen LogP contribution in [0.3, 0.4) is 0 Å². The Morgan fingerprint density at radius 1 is 1.53 bits per heavy atom. The minimum Gasteiger partial charge on any atom is -0.370 e. The predicted molar refractivity (Wildman–Crippen MR) is 68.8 cm³/mol. The van der Waals surface area contributed by atoms with Crippen molar-refractivity contribution >= 4 is 5.96 Å². The van der Waals surface area contributed by atoms with Crippen LogP contribution in [0, 0.1) is 0 Å². The van der Waals surface area contributed by atoms with E-state index in [1.807, 2.05) is 12.5 Å². The number of nitrogens with two attached hydrogens (primary N) is 1. The molecule has 1 aliphatic rings. The molecule has 1 atom stereocenters. The molecular weight excluding hydrogens is 214 g/mol. The summed E-state index contributed by atoms with van der Waals surface area (Å²) in [5.41, 5.74) is 7.14. The SMILES string of the molecule is CCCN1C(N)=NCC1c1cncn1C(C)C. The van der Waals surface area contributed by atoms with Crippen LogP contribution in [-0.4, -0.2) is 33.5 Å². The topological polar surface area (TPSA) is 59.4 Å². The zero-order valence-corrected chi connectivity index (χ0v) is 10.8. The third kappa shape index (κ3) is 2.14. The van der Waals surface area contributed by atoms with Gasteiger partial charge < -0.3 is 15.2 Å². The second-order valence-corrected chi connectivity index (χ2v) is 4.73. The van der Waals surface area contributed by atoms with Gasteiger partial charge in [-0.2, -0.15) is 0 Å². The van der Waals surface area contributed by atoms with Crippen molar-refractivity contribution in [1.29, 1.82) is 0 Å². The molecule has 5 heteroatoms. The first kappa shape index (κ1) is 12.0. The van der Waals surface area contributed by atoms with Crippen LogP contribution in [0.5, 0.6) is 0 Å². The lowest BCUT2D eigenvalue weighted by Gasteiger charge is -2.27. The van der Waals surface area contributed by atoms with E-state index in [-0.39, 0.29) is 6.04 Å². The maximum absolute atomic E-state index is 5.93. The molecule has 0 aliphatic carbocycles. The summed E-state index contributed by atoms with van der Waals surface area (Å²) >= 11 is 0. The van der Waals surface area contributed by atoms with Crippen molar-refractivity contribution in [2.45, 2.75) is 39.3 Å². The Morgan fingerprint density at radius 2 is 2.29 bits per heavy atom. The van der Waals surface area contributed by atoms with Gasteiger partial charge >= 0.3 is 0 Å². The fourth-order valence-electron chi connectivity index (χ4n) is 2.30. The standard InChI is InChI=1S/C12H21N5/c1-4-5-16-11(7-15-12(16)13)10-6-14-8-17(10)9(2)3/h6,8-9,11H,4-5,7H2,1-3H3,(H2,13,15). The quantitative estimate of drug-likeness (QED) is 0.861. The molecule has 0 saturated carbocycles. The van der Waals surface area contributed by atoms with Crippen LogP contribution in [0.4, 0.5) is 0 Å². The molecule has 1 aliphatic heterocycles. The largest absolute Gasteiger partial charge is 0.370 e. The maximum atomic E-state index is 5.93. The van der Waals surface area contributed by atoms with E-state index in [1.165, 1.54) is 5.69 Å². The van der Waals surface area contributed by atoms with E-state index in [0.29, 0.717) is 12.0 Å². The minimum absolute atomic E-state index is 0.250. The molecule has 94 valence electrons. The second kappa shape index (κ2) is 4.77. The fourth-order valence-corrected chi connectivity index (χ4v) is 2.30. The third-order valence-electron chi connectivity index (χ3n) is 3.15. The molecule has 0 aromatic carbocycles. The lowest BCUT2D eigenvalue weighted by Crippen LogP contribution is -2.37. The van der Waals surface area contributed by atoms with Crippen LogP contribution in [-0.2, 0) is 0 Å². The van der Waals surface area contributed by atoms with Crippen molar-refractivity contribution < 1.29 is 0 Å². The van der Waals surface area contributed by atoms with Crippen molar-refractivity contribution in [2.75, 3.05) is 13.1 Å². The van der Waals surface area contributed by atoms with Gasteiger partial charge in [0.15, 0.2) is 5.96 Å². The molecule has 1 aromatic heterocycles. The molecule has 0 spiro atoms. The molecule has 1 aromatic rings. The van der Waals surface area contributed by atoms with E-state index in [1.54, 1.807) is 0 Å². The average Bonchev–Trinajstić information content (AvgIpc) is 2.87. The average molecular weight is 235 g/mol. The van der Waals surface area contributed by atoms with Gasteiger partial charge in [-0.3, -0.25) is 4.99 Å². The summed E-state index contributed by atoms with van der Waals surface area (Å²) in [6.07, 6.45) is 4.89. The Labute approximate surface area is 102 Å². The summed E-state index contributed by atoms with van der Waals surface area (Å²) < 4.78 is 2.20. The first-order valence-corrected chi connectivity index (χ1v) is 6.23. The van der Waals surface area contributed by atoms with E-state index >= 15 is 0 Å². The normalized spacial score (nSPS) is 20.1. The summed E-state index contributed by atoms with van der Waals surface area (Å²) in [6, 6.07) is 0.664. The number of aliphatic imine (C=N–C) groups is 1. The Morgan fingerprint density at radius 3 is 2.94 bits per heavy atom. The molecule has 0 fully saturated rings. The lowest BCUT2D eigenvalue weighted by molar-refractivity contribution is 0.328. The Balaban J connectivity index is 2.25. The summed E-state index contributed by atoms with van der Waals surface area (Å²) in [4.78, 5) is 10.8. The van der Waals surface area contributed by atoms with Crippen LogP contribution in [0.15, 0.2) is 17.5 Å². The first-order chi connectivity index (χ1) is 8.15. The van der Waals surface area contributed by atoms with E-state index in [2.05, 4.69) is 40.2 Å². The molecule has 2 N–H and O–H groups in total. The van der Waals surface area contributed by atoms with Gasteiger partial charge in [0, 0.05) is 12.6 Å². The van der Waals surface area contributed by atoms with Crippen LogP contribution in [0.25, 0.3) is 0 Å². The van der Waals surface area contributed by atoms with Crippen molar-refractivity contribution in [3.8, 4) is 0 Å². The molecule has 5 nitrogen and oxygen atoms in total. The van der Waals surface area contributed by atoms with Crippen LogP contribution in [0.2, 0.25) is 0 Å². The second-order valence-electron chi connectivity index (χ2n) is 4.73. The van der Waals surface area contributed by atoms with Crippen molar-refractivity contribution in [1.82, 2.24) is 14.5 Å². The van der Waals surface area contributed by atoms with E-state index in [0.717, 1.165) is 19.5 Å². The highest BCUT2D eigenvalue weighted by Gasteiger charge is 2.29. The molecule has 0 radical (unpaired) electrons. The Hall–Kier alpha value is -1.52. The summed E-state index contributed by atoms with van der Waals surface area (Å²) in [5, 5.41) is 0. The molecule has 1 unspecified atom stereocenters. The summed E-state index contributed by atoms with van der Waals surface area (Å²) in [7, 11) is 0. The van der Waals surface area contributed by atoms with Gasteiger partial charge in [-0.15, -0.1) is 0 Å². The maximum Gasteiger partial charge on any atom is 0.191 e. The Bertz CT molecular complexity index is 407. The lowest BCUT2D eigenvalue weighted by atomic mass is 10.2. The highest BCUT2D eigenvalue weighted by molar-refractivity contribution is 5.80. The number of nitrogens with zero attached hydrogens (tertiary/aromatic N) is 4. The van der Waals surface area contributed by atoms with Crippen molar-refractivity contribution in [2.24, 2.45) is 10.7 Å². The first-order valence-electron chi connectivity index (χ1n) is 6.23. The molecular formula is C12H21N5. The highest BCUT2D eigenvalue weighted by Crippen LogP contribution is 2.27. The zero-order chi connectivity index (χ0) is 12.4. The number of rotatable bonds is 4. The zero-order valence-electron chi connectivity index (χ0n) is 10.8. The highest BCUT2D eigenvalue weighted by atomic mass is 15.3. The predicted octanol–water partition coefficient (Wildman–Crippen LogP) is 1.55. The molecule has 2 rings (SSSR count).